The van der Waals surface area contributed by atoms with Crippen LogP contribution in [0.15, 0.2) is 48.5 Å². The zero-order valence-corrected chi connectivity index (χ0v) is 14.0. The minimum Gasteiger partial charge on any atom is -0.385 e. The third-order valence-corrected chi connectivity index (χ3v) is 3.57. The highest BCUT2D eigenvalue weighted by molar-refractivity contribution is 5.91. The van der Waals surface area contributed by atoms with Gasteiger partial charge in [0.05, 0.1) is 11.3 Å². The molecule has 0 radical (unpaired) electrons. The number of rotatable bonds is 6. The first-order chi connectivity index (χ1) is 11.8. The van der Waals surface area contributed by atoms with Crippen molar-refractivity contribution >= 4 is 23.0 Å². The van der Waals surface area contributed by atoms with Crippen LogP contribution in [0.1, 0.15) is 12.0 Å². The Morgan fingerprint density at radius 3 is 2.28 bits per heavy atom. The average molecular weight is 351 g/mol. The van der Waals surface area contributed by atoms with Crippen molar-refractivity contribution in [2.24, 2.45) is 0 Å². The van der Waals surface area contributed by atoms with Gasteiger partial charge >= 0.3 is 6.18 Å². The number of hydrogen-bond donors (Lipinski definition) is 2. The molecule has 2 aromatic carbocycles. The Labute approximate surface area is 144 Å². The zero-order valence-electron chi connectivity index (χ0n) is 14.0. The molecule has 0 fully saturated rings. The van der Waals surface area contributed by atoms with Gasteiger partial charge in [0.25, 0.3) is 0 Å². The molecule has 1 amide bonds. The van der Waals surface area contributed by atoms with E-state index in [1.807, 2.05) is 43.3 Å². The van der Waals surface area contributed by atoms with Gasteiger partial charge in [-0.05, 0) is 36.4 Å². The maximum absolute atomic E-state index is 12.9. The SMILES string of the molecule is CN(C)c1ccc(NCCC(=O)Nc2ccccc2C(F)(F)F)cc1. The van der Waals surface area contributed by atoms with E-state index in [1.165, 1.54) is 18.2 Å². The first kappa shape index (κ1) is 18.6. The number of anilines is 3. The van der Waals surface area contributed by atoms with Crippen molar-refractivity contribution in [3.05, 3.63) is 54.1 Å². The van der Waals surface area contributed by atoms with Crippen LogP contribution >= 0.6 is 0 Å². The molecule has 0 spiro atoms. The molecule has 25 heavy (non-hydrogen) atoms. The molecule has 0 aliphatic carbocycles. The Bertz CT molecular complexity index is 712. The highest BCUT2D eigenvalue weighted by Gasteiger charge is 2.33. The molecule has 4 nitrogen and oxygen atoms in total. The third kappa shape index (κ3) is 5.41. The summed E-state index contributed by atoms with van der Waals surface area (Å²) in [5.41, 5.74) is 0.812. The molecule has 0 bridgehead atoms. The number of nitrogens with one attached hydrogen (secondary N) is 2. The van der Waals surface area contributed by atoms with Crippen LogP contribution in [-0.4, -0.2) is 26.5 Å². The number of carbonyl (C=O) groups is 1. The lowest BCUT2D eigenvalue weighted by Crippen LogP contribution is -2.19. The third-order valence-electron chi connectivity index (χ3n) is 3.57. The van der Waals surface area contributed by atoms with Crippen molar-refractivity contribution in [2.45, 2.75) is 12.6 Å². The lowest BCUT2D eigenvalue weighted by Gasteiger charge is -2.14. The number of alkyl halides is 3. The topological polar surface area (TPSA) is 44.4 Å². The maximum atomic E-state index is 12.9. The standard InChI is InChI=1S/C18H20F3N3O/c1-24(2)14-9-7-13(8-10-14)22-12-11-17(25)23-16-6-4-3-5-15(16)18(19,20)21/h3-10,22H,11-12H2,1-2H3,(H,23,25). The molecule has 0 unspecified atom stereocenters. The van der Waals surface area contributed by atoms with Gasteiger partial charge in [-0.1, -0.05) is 12.1 Å². The van der Waals surface area contributed by atoms with Crippen LogP contribution in [0.4, 0.5) is 30.2 Å². The van der Waals surface area contributed by atoms with E-state index in [1.54, 1.807) is 0 Å². The van der Waals surface area contributed by atoms with Crippen molar-refractivity contribution in [1.29, 1.82) is 0 Å². The number of para-hydroxylation sites is 1. The zero-order chi connectivity index (χ0) is 18.4. The van der Waals surface area contributed by atoms with E-state index in [9.17, 15) is 18.0 Å². The van der Waals surface area contributed by atoms with Crippen LogP contribution in [-0.2, 0) is 11.0 Å². The van der Waals surface area contributed by atoms with Gasteiger partial charge in [-0.25, -0.2) is 0 Å². The molecular weight excluding hydrogens is 331 g/mol. The Hall–Kier alpha value is -2.70. The highest BCUT2D eigenvalue weighted by atomic mass is 19.4. The van der Waals surface area contributed by atoms with E-state index in [2.05, 4.69) is 10.6 Å². The number of amides is 1. The van der Waals surface area contributed by atoms with Crippen LogP contribution in [0.5, 0.6) is 0 Å². The number of carbonyl (C=O) groups excluding carboxylic acids is 1. The van der Waals surface area contributed by atoms with Crippen molar-refractivity contribution in [1.82, 2.24) is 0 Å². The van der Waals surface area contributed by atoms with Gasteiger partial charge in [0.1, 0.15) is 0 Å². The largest absolute Gasteiger partial charge is 0.418 e. The molecular formula is C18H20F3N3O. The van der Waals surface area contributed by atoms with E-state index < -0.39 is 17.6 Å². The van der Waals surface area contributed by atoms with Crippen LogP contribution in [0.2, 0.25) is 0 Å². The number of benzene rings is 2. The second-order valence-electron chi connectivity index (χ2n) is 5.71. The summed E-state index contributed by atoms with van der Waals surface area (Å²) in [6.45, 7) is 0.321. The summed E-state index contributed by atoms with van der Waals surface area (Å²) in [4.78, 5) is 13.9. The maximum Gasteiger partial charge on any atom is 0.418 e. The van der Waals surface area contributed by atoms with Crippen LogP contribution < -0.4 is 15.5 Å². The van der Waals surface area contributed by atoms with Gasteiger partial charge in [-0.2, -0.15) is 13.2 Å². The summed E-state index contributed by atoms with van der Waals surface area (Å²) in [6.07, 6.45) is -4.45. The van der Waals surface area contributed by atoms with Gasteiger partial charge in [-0.3, -0.25) is 4.79 Å². The van der Waals surface area contributed by atoms with Crippen molar-refractivity contribution < 1.29 is 18.0 Å². The van der Waals surface area contributed by atoms with Crippen LogP contribution in [0, 0.1) is 0 Å². The molecule has 0 saturated carbocycles. The van der Waals surface area contributed by atoms with Gasteiger partial charge in [0.2, 0.25) is 5.91 Å². The molecule has 7 heteroatoms. The highest BCUT2D eigenvalue weighted by Crippen LogP contribution is 2.34. The van der Waals surface area contributed by atoms with E-state index in [4.69, 9.17) is 0 Å². The van der Waals surface area contributed by atoms with E-state index in [-0.39, 0.29) is 12.1 Å². The lowest BCUT2D eigenvalue weighted by molar-refractivity contribution is -0.137. The number of halogens is 3. The Kier molecular flexibility index (Phi) is 5.90. The molecule has 0 aromatic heterocycles. The lowest BCUT2D eigenvalue weighted by atomic mass is 10.1. The Morgan fingerprint density at radius 1 is 1.04 bits per heavy atom. The second kappa shape index (κ2) is 7.92. The molecule has 2 N–H and O–H groups in total. The molecule has 2 rings (SSSR count). The Balaban J connectivity index is 1.87. The monoisotopic (exact) mass is 351 g/mol. The predicted molar refractivity (Wildman–Crippen MR) is 93.9 cm³/mol. The van der Waals surface area contributed by atoms with Gasteiger partial charge in [-0.15, -0.1) is 0 Å². The molecule has 0 aliphatic rings. The summed E-state index contributed by atoms with van der Waals surface area (Å²) < 4.78 is 38.7. The fraction of sp³-hybridized carbons (Fsp3) is 0.278. The normalized spacial score (nSPS) is 11.1. The second-order valence-corrected chi connectivity index (χ2v) is 5.71. The fourth-order valence-electron chi connectivity index (χ4n) is 2.25. The van der Waals surface area contributed by atoms with Crippen LogP contribution in [0.25, 0.3) is 0 Å². The molecule has 0 saturated heterocycles. The predicted octanol–water partition coefficient (Wildman–Crippen LogP) is 4.21. The summed E-state index contributed by atoms with van der Waals surface area (Å²) >= 11 is 0. The van der Waals surface area contributed by atoms with E-state index >= 15 is 0 Å². The smallest absolute Gasteiger partial charge is 0.385 e. The molecule has 0 heterocycles. The molecule has 0 aliphatic heterocycles. The van der Waals surface area contributed by atoms with Crippen LogP contribution in [0.3, 0.4) is 0 Å². The summed E-state index contributed by atoms with van der Waals surface area (Å²) in [6, 6.07) is 12.6. The summed E-state index contributed by atoms with van der Waals surface area (Å²) in [7, 11) is 3.87. The van der Waals surface area contributed by atoms with Crippen molar-refractivity contribution in [3.63, 3.8) is 0 Å². The van der Waals surface area contributed by atoms with Gasteiger partial charge in [0, 0.05) is 38.4 Å². The fourth-order valence-corrected chi connectivity index (χ4v) is 2.25. The average Bonchev–Trinajstić information content (AvgIpc) is 2.55. The summed E-state index contributed by atoms with van der Waals surface area (Å²) in [5, 5.41) is 5.39. The first-order valence-electron chi connectivity index (χ1n) is 7.74. The molecule has 134 valence electrons. The minimum atomic E-state index is -4.50. The number of nitrogens with zero attached hydrogens (tertiary/aromatic N) is 1. The van der Waals surface area contributed by atoms with Crippen molar-refractivity contribution in [3.8, 4) is 0 Å². The number of hydrogen-bond acceptors (Lipinski definition) is 3. The first-order valence-corrected chi connectivity index (χ1v) is 7.74. The van der Waals surface area contributed by atoms with E-state index in [0.29, 0.717) is 6.54 Å². The molecule has 0 atom stereocenters. The van der Waals surface area contributed by atoms with Gasteiger partial charge < -0.3 is 15.5 Å². The summed E-state index contributed by atoms with van der Waals surface area (Å²) in [5.74, 6) is -0.478. The quantitative estimate of drug-likeness (QED) is 0.819. The molecule has 2 aromatic rings. The minimum absolute atomic E-state index is 0.0572. The Morgan fingerprint density at radius 2 is 1.68 bits per heavy atom. The van der Waals surface area contributed by atoms with Gasteiger partial charge in [0.15, 0.2) is 0 Å². The van der Waals surface area contributed by atoms with E-state index in [0.717, 1.165) is 17.4 Å². The van der Waals surface area contributed by atoms with Crippen molar-refractivity contribution in [2.75, 3.05) is 36.2 Å².